The zero-order chi connectivity index (χ0) is 11.5. The molecule has 2 atom stereocenters. The number of nitrogens with zero attached hydrogens (tertiary/aromatic N) is 1. The first-order valence-corrected chi connectivity index (χ1v) is 6.23. The Kier molecular flexibility index (Phi) is 3.50. The Morgan fingerprint density at radius 2 is 2.06 bits per heavy atom. The first-order chi connectivity index (χ1) is 7.74. The number of carbonyl (C=O) groups excluding carboxylic acids is 1. The zero-order valence-corrected chi connectivity index (χ0v) is 9.91. The average Bonchev–Trinajstić information content (AvgIpc) is 2.59. The third-order valence-corrected chi connectivity index (χ3v) is 3.80. The van der Waals surface area contributed by atoms with Crippen LogP contribution in [0.1, 0.15) is 39.0 Å². The van der Waals surface area contributed by atoms with Crippen molar-refractivity contribution in [3.8, 4) is 12.3 Å². The van der Waals surface area contributed by atoms with Crippen molar-refractivity contribution < 1.29 is 4.79 Å². The van der Waals surface area contributed by atoms with Gasteiger partial charge in [-0.05, 0) is 32.6 Å². The van der Waals surface area contributed by atoms with E-state index in [1.165, 1.54) is 12.8 Å². The second-order valence-corrected chi connectivity index (χ2v) is 4.82. The van der Waals surface area contributed by atoms with E-state index in [0.29, 0.717) is 18.1 Å². The number of terminal acetylenes is 1. The minimum atomic E-state index is 0.122. The highest BCUT2D eigenvalue weighted by Gasteiger charge is 2.36. The van der Waals surface area contributed by atoms with Crippen molar-refractivity contribution in [2.24, 2.45) is 0 Å². The summed E-state index contributed by atoms with van der Waals surface area (Å²) in [4.78, 5) is 13.8. The SMILES string of the molecule is C#CCC(=O)N(CC)C1CC2CCC(C1)N2. The number of hydrogen-bond acceptors (Lipinski definition) is 2. The molecule has 1 N–H and O–H groups in total. The Bertz CT molecular complexity index is 296. The summed E-state index contributed by atoms with van der Waals surface area (Å²) >= 11 is 0. The minimum Gasteiger partial charge on any atom is -0.339 e. The molecule has 0 aromatic rings. The molecule has 3 heteroatoms. The third kappa shape index (κ3) is 2.22. The number of fused-ring (bicyclic) bond motifs is 2. The van der Waals surface area contributed by atoms with Crippen LogP contribution in [-0.4, -0.2) is 35.5 Å². The van der Waals surface area contributed by atoms with Crippen molar-refractivity contribution in [1.29, 1.82) is 0 Å². The maximum Gasteiger partial charge on any atom is 0.234 e. The number of nitrogens with one attached hydrogen (secondary N) is 1. The van der Waals surface area contributed by atoms with Crippen molar-refractivity contribution in [3.05, 3.63) is 0 Å². The van der Waals surface area contributed by atoms with Gasteiger partial charge in [-0.2, -0.15) is 0 Å². The molecule has 3 nitrogen and oxygen atoms in total. The van der Waals surface area contributed by atoms with Gasteiger partial charge in [0.15, 0.2) is 0 Å². The monoisotopic (exact) mass is 220 g/mol. The van der Waals surface area contributed by atoms with E-state index in [9.17, 15) is 4.79 Å². The molecule has 0 aromatic heterocycles. The molecule has 0 saturated carbocycles. The fourth-order valence-electron chi connectivity index (χ4n) is 3.11. The largest absolute Gasteiger partial charge is 0.339 e. The molecule has 0 radical (unpaired) electrons. The molecule has 88 valence electrons. The van der Waals surface area contributed by atoms with E-state index in [4.69, 9.17) is 6.42 Å². The van der Waals surface area contributed by atoms with E-state index in [1.807, 2.05) is 11.8 Å². The molecule has 2 fully saturated rings. The maximum absolute atomic E-state index is 11.9. The van der Waals surface area contributed by atoms with Gasteiger partial charge in [0, 0.05) is 24.7 Å². The quantitative estimate of drug-likeness (QED) is 0.723. The summed E-state index contributed by atoms with van der Waals surface area (Å²) in [6.07, 6.45) is 10.2. The number of piperidine rings is 1. The summed E-state index contributed by atoms with van der Waals surface area (Å²) < 4.78 is 0. The van der Waals surface area contributed by atoms with Crippen LogP contribution in [0.4, 0.5) is 0 Å². The predicted molar refractivity (Wildman–Crippen MR) is 63.8 cm³/mol. The highest BCUT2D eigenvalue weighted by atomic mass is 16.2. The van der Waals surface area contributed by atoms with Crippen molar-refractivity contribution >= 4 is 5.91 Å². The number of rotatable bonds is 3. The summed E-state index contributed by atoms with van der Waals surface area (Å²) in [6.45, 7) is 2.82. The highest BCUT2D eigenvalue weighted by molar-refractivity contribution is 5.78. The van der Waals surface area contributed by atoms with Crippen molar-refractivity contribution in [3.63, 3.8) is 0 Å². The predicted octanol–water partition coefficient (Wildman–Crippen LogP) is 1.14. The van der Waals surface area contributed by atoms with Crippen LogP contribution < -0.4 is 5.32 Å². The molecule has 2 unspecified atom stereocenters. The van der Waals surface area contributed by atoms with Gasteiger partial charge in [-0.15, -0.1) is 6.42 Å². The number of amides is 1. The van der Waals surface area contributed by atoms with Gasteiger partial charge < -0.3 is 10.2 Å². The lowest BCUT2D eigenvalue weighted by atomic mass is 9.98. The maximum atomic E-state index is 11.9. The first-order valence-electron chi connectivity index (χ1n) is 6.23. The van der Waals surface area contributed by atoms with Crippen molar-refractivity contribution in [2.75, 3.05) is 6.54 Å². The molecule has 2 bridgehead atoms. The molecule has 2 rings (SSSR count). The molecule has 2 heterocycles. The van der Waals surface area contributed by atoms with Crippen LogP contribution in [0.2, 0.25) is 0 Å². The van der Waals surface area contributed by atoms with Gasteiger partial charge in [0.05, 0.1) is 6.42 Å². The standard InChI is InChI=1S/C13H20N2O/c1-3-5-13(16)15(4-2)12-8-10-6-7-11(9-12)14-10/h1,10-12,14H,4-9H2,2H3. The Morgan fingerprint density at radius 1 is 1.44 bits per heavy atom. The van der Waals surface area contributed by atoms with Gasteiger partial charge in [-0.25, -0.2) is 0 Å². The molecule has 0 aromatic carbocycles. The normalized spacial score (nSPS) is 32.1. The Balaban J connectivity index is 1.99. The van der Waals surface area contributed by atoms with Crippen LogP contribution in [0.5, 0.6) is 0 Å². The van der Waals surface area contributed by atoms with E-state index in [0.717, 1.165) is 19.4 Å². The lowest BCUT2D eigenvalue weighted by Crippen LogP contribution is -2.50. The van der Waals surface area contributed by atoms with E-state index in [2.05, 4.69) is 11.2 Å². The minimum absolute atomic E-state index is 0.122. The van der Waals surface area contributed by atoms with E-state index >= 15 is 0 Å². The second kappa shape index (κ2) is 4.88. The molecule has 2 aliphatic heterocycles. The van der Waals surface area contributed by atoms with Crippen LogP contribution >= 0.6 is 0 Å². The Hall–Kier alpha value is -1.01. The van der Waals surface area contributed by atoms with Gasteiger partial charge in [0.2, 0.25) is 5.91 Å². The fourth-order valence-corrected chi connectivity index (χ4v) is 3.11. The van der Waals surface area contributed by atoms with Gasteiger partial charge in [0.1, 0.15) is 0 Å². The summed E-state index contributed by atoms with van der Waals surface area (Å²) in [7, 11) is 0. The summed E-state index contributed by atoms with van der Waals surface area (Å²) in [5, 5.41) is 3.59. The molecular formula is C13H20N2O. The molecule has 0 spiro atoms. The topological polar surface area (TPSA) is 32.3 Å². The van der Waals surface area contributed by atoms with Crippen LogP contribution in [0.25, 0.3) is 0 Å². The fraction of sp³-hybridized carbons (Fsp3) is 0.769. The van der Waals surface area contributed by atoms with Gasteiger partial charge in [-0.3, -0.25) is 4.79 Å². The lowest BCUT2D eigenvalue weighted by molar-refractivity contribution is -0.132. The number of hydrogen-bond donors (Lipinski definition) is 1. The summed E-state index contributed by atoms with van der Waals surface area (Å²) in [5.41, 5.74) is 0. The van der Waals surface area contributed by atoms with Gasteiger partial charge in [0.25, 0.3) is 0 Å². The van der Waals surface area contributed by atoms with Crippen LogP contribution in [0.15, 0.2) is 0 Å². The number of carbonyl (C=O) groups is 1. The third-order valence-electron chi connectivity index (χ3n) is 3.80. The van der Waals surface area contributed by atoms with Crippen LogP contribution in [0, 0.1) is 12.3 Å². The van der Waals surface area contributed by atoms with E-state index in [-0.39, 0.29) is 12.3 Å². The van der Waals surface area contributed by atoms with Crippen LogP contribution in [-0.2, 0) is 4.79 Å². The lowest BCUT2D eigenvalue weighted by Gasteiger charge is -2.37. The highest BCUT2D eigenvalue weighted by Crippen LogP contribution is 2.29. The molecule has 0 aliphatic carbocycles. The molecule has 16 heavy (non-hydrogen) atoms. The smallest absolute Gasteiger partial charge is 0.234 e. The summed E-state index contributed by atoms with van der Waals surface area (Å²) in [6, 6.07) is 1.65. The Morgan fingerprint density at radius 3 is 2.56 bits per heavy atom. The Labute approximate surface area is 97.6 Å². The molecule has 1 amide bonds. The molecule has 2 saturated heterocycles. The second-order valence-electron chi connectivity index (χ2n) is 4.82. The first kappa shape index (κ1) is 11.5. The summed E-state index contributed by atoms with van der Waals surface area (Å²) in [5.74, 6) is 2.57. The van der Waals surface area contributed by atoms with Crippen LogP contribution in [0.3, 0.4) is 0 Å². The van der Waals surface area contributed by atoms with Crippen molar-refractivity contribution in [2.45, 2.75) is 57.2 Å². The average molecular weight is 220 g/mol. The van der Waals surface area contributed by atoms with Crippen molar-refractivity contribution in [1.82, 2.24) is 10.2 Å². The van der Waals surface area contributed by atoms with E-state index in [1.54, 1.807) is 0 Å². The van der Waals surface area contributed by atoms with Gasteiger partial charge in [-0.1, -0.05) is 5.92 Å². The molecular weight excluding hydrogens is 200 g/mol. The zero-order valence-electron chi connectivity index (χ0n) is 9.91. The van der Waals surface area contributed by atoms with E-state index < -0.39 is 0 Å². The molecule has 2 aliphatic rings. The van der Waals surface area contributed by atoms with Gasteiger partial charge >= 0.3 is 0 Å².